The average Bonchev–Trinajstić information content (AvgIpc) is 2.79. The second-order valence-corrected chi connectivity index (χ2v) is 5.05. The Morgan fingerprint density at radius 1 is 1.28 bits per heavy atom. The first-order valence-electron chi connectivity index (χ1n) is 6.23. The van der Waals surface area contributed by atoms with Gasteiger partial charge in [0.05, 0.1) is 12.4 Å². The summed E-state index contributed by atoms with van der Waals surface area (Å²) in [5.41, 5.74) is 0.845. The van der Waals surface area contributed by atoms with Gasteiger partial charge in [-0.3, -0.25) is 9.59 Å². The molecule has 1 amide bonds. The van der Waals surface area contributed by atoms with Crippen molar-refractivity contribution in [3.05, 3.63) is 18.2 Å². The second kappa shape index (κ2) is 6.33. The van der Waals surface area contributed by atoms with Gasteiger partial charge in [0.25, 0.3) is 0 Å². The van der Waals surface area contributed by atoms with E-state index in [2.05, 4.69) is 15.3 Å². The molecule has 5 heteroatoms. The lowest BCUT2D eigenvalue weighted by molar-refractivity contribution is -0.130. The summed E-state index contributed by atoms with van der Waals surface area (Å²) in [6.07, 6.45) is 3.69. The number of aromatic amines is 1. The van der Waals surface area contributed by atoms with Crippen LogP contribution in [0.4, 0.5) is 0 Å². The molecule has 2 N–H and O–H groups in total. The fourth-order valence-electron chi connectivity index (χ4n) is 1.58. The van der Waals surface area contributed by atoms with Crippen molar-refractivity contribution >= 4 is 11.7 Å². The minimum atomic E-state index is -0.486. The van der Waals surface area contributed by atoms with Gasteiger partial charge in [0.15, 0.2) is 5.78 Å². The molecule has 1 heterocycles. The van der Waals surface area contributed by atoms with Crippen molar-refractivity contribution in [2.45, 2.75) is 40.2 Å². The molecule has 5 nitrogen and oxygen atoms in total. The van der Waals surface area contributed by atoms with Gasteiger partial charge in [0, 0.05) is 30.1 Å². The third kappa shape index (κ3) is 3.98. The molecule has 0 aliphatic carbocycles. The highest BCUT2D eigenvalue weighted by molar-refractivity contribution is 5.90. The van der Waals surface area contributed by atoms with Crippen molar-refractivity contribution < 1.29 is 9.59 Å². The molecule has 1 aromatic heterocycles. The van der Waals surface area contributed by atoms with Gasteiger partial charge in [-0.25, -0.2) is 4.98 Å². The number of carbonyl (C=O) groups excluding carboxylic acids is 2. The van der Waals surface area contributed by atoms with Crippen molar-refractivity contribution in [3.63, 3.8) is 0 Å². The number of H-pyrrole nitrogens is 1. The number of imidazole rings is 1. The van der Waals surface area contributed by atoms with Crippen LogP contribution in [0.1, 0.15) is 33.4 Å². The standard InChI is InChI=1S/C13H21N3O2/c1-8(2)12(17)11(16-13(18)9(3)4)5-10-6-14-7-15-10/h6-9,11H,5H2,1-4H3,(H,14,15)(H,16,18)/t11-/m1/s1. The van der Waals surface area contributed by atoms with E-state index in [-0.39, 0.29) is 23.5 Å². The van der Waals surface area contributed by atoms with E-state index in [9.17, 15) is 9.59 Å². The minimum absolute atomic E-state index is 0.0404. The molecule has 0 unspecified atom stereocenters. The monoisotopic (exact) mass is 251 g/mol. The number of rotatable bonds is 6. The van der Waals surface area contributed by atoms with E-state index in [1.807, 2.05) is 27.7 Å². The number of nitrogens with zero attached hydrogens (tertiary/aromatic N) is 1. The number of Topliss-reactive ketones (excluding diaryl/α,β-unsaturated/α-hetero) is 1. The van der Waals surface area contributed by atoms with E-state index >= 15 is 0 Å². The summed E-state index contributed by atoms with van der Waals surface area (Å²) in [7, 11) is 0. The van der Waals surface area contributed by atoms with Crippen molar-refractivity contribution in [1.29, 1.82) is 0 Å². The zero-order chi connectivity index (χ0) is 13.7. The van der Waals surface area contributed by atoms with Crippen LogP contribution in [0.3, 0.4) is 0 Å². The van der Waals surface area contributed by atoms with Crippen molar-refractivity contribution in [1.82, 2.24) is 15.3 Å². The largest absolute Gasteiger partial charge is 0.348 e. The zero-order valence-electron chi connectivity index (χ0n) is 11.4. The van der Waals surface area contributed by atoms with Gasteiger partial charge in [0.1, 0.15) is 0 Å². The Hall–Kier alpha value is -1.65. The Balaban J connectivity index is 2.75. The summed E-state index contributed by atoms with van der Waals surface area (Å²) >= 11 is 0. The highest BCUT2D eigenvalue weighted by atomic mass is 16.2. The quantitative estimate of drug-likeness (QED) is 0.800. The van der Waals surface area contributed by atoms with Gasteiger partial charge in [-0.2, -0.15) is 0 Å². The summed E-state index contributed by atoms with van der Waals surface area (Å²) < 4.78 is 0. The maximum Gasteiger partial charge on any atom is 0.223 e. The molecule has 0 saturated carbocycles. The van der Waals surface area contributed by atoms with Crippen molar-refractivity contribution in [3.8, 4) is 0 Å². The number of ketones is 1. The van der Waals surface area contributed by atoms with E-state index in [4.69, 9.17) is 0 Å². The number of amides is 1. The van der Waals surface area contributed by atoms with Crippen LogP contribution in [0.5, 0.6) is 0 Å². The summed E-state index contributed by atoms with van der Waals surface area (Å²) in [5, 5.41) is 2.80. The van der Waals surface area contributed by atoms with Gasteiger partial charge in [-0.15, -0.1) is 0 Å². The van der Waals surface area contributed by atoms with E-state index in [1.165, 1.54) is 0 Å². The zero-order valence-corrected chi connectivity index (χ0v) is 11.4. The van der Waals surface area contributed by atoms with E-state index in [1.54, 1.807) is 12.5 Å². The predicted octanol–water partition coefficient (Wildman–Crippen LogP) is 1.32. The molecule has 1 aromatic rings. The normalized spacial score (nSPS) is 12.8. The lowest BCUT2D eigenvalue weighted by atomic mass is 9.97. The second-order valence-electron chi connectivity index (χ2n) is 5.05. The molecule has 0 bridgehead atoms. The first kappa shape index (κ1) is 14.4. The summed E-state index contributed by atoms with van der Waals surface area (Å²) in [4.78, 5) is 30.7. The van der Waals surface area contributed by atoms with E-state index in [0.717, 1.165) is 5.69 Å². The first-order valence-corrected chi connectivity index (χ1v) is 6.23. The molecule has 0 aliphatic heterocycles. The van der Waals surface area contributed by atoms with Crippen LogP contribution in [0.25, 0.3) is 0 Å². The summed E-state index contributed by atoms with van der Waals surface area (Å²) in [6.45, 7) is 7.29. The molecule has 0 radical (unpaired) electrons. The maximum absolute atomic E-state index is 12.1. The molecule has 1 rings (SSSR count). The molecule has 0 aromatic carbocycles. The SMILES string of the molecule is CC(C)C(=O)N[C@H](Cc1cnc[nH]1)C(=O)C(C)C. The van der Waals surface area contributed by atoms with Gasteiger partial charge in [-0.05, 0) is 0 Å². The molecule has 0 fully saturated rings. The number of hydrogen-bond donors (Lipinski definition) is 2. The van der Waals surface area contributed by atoms with Crippen molar-refractivity contribution in [2.24, 2.45) is 11.8 Å². The predicted molar refractivity (Wildman–Crippen MR) is 68.9 cm³/mol. The summed E-state index contributed by atoms with van der Waals surface area (Å²) in [5.74, 6) is -0.299. The highest BCUT2D eigenvalue weighted by Gasteiger charge is 2.24. The van der Waals surface area contributed by atoms with E-state index < -0.39 is 6.04 Å². The number of nitrogens with one attached hydrogen (secondary N) is 2. The lowest BCUT2D eigenvalue weighted by Crippen LogP contribution is -2.45. The van der Waals surface area contributed by atoms with Crippen molar-refractivity contribution in [2.75, 3.05) is 0 Å². The van der Waals surface area contributed by atoms with E-state index in [0.29, 0.717) is 6.42 Å². The third-order valence-corrected chi connectivity index (χ3v) is 2.73. The number of hydrogen-bond acceptors (Lipinski definition) is 3. The van der Waals surface area contributed by atoms with Gasteiger partial charge < -0.3 is 10.3 Å². The Bertz CT molecular complexity index is 396. The highest BCUT2D eigenvalue weighted by Crippen LogP contribution is 2.07. The lowest BCUT2D eigenvalue weighted by Gasteiger charge is -2.20. The molecule has 18 heavy (non-hydrogen) atoms. The fourth-order valence-corrected chi connectivity index (χ4v) is 1.58. The molecule has 100 valence electrons. The van der Waals surface area contributed by atoms with Crippen LogP contribution >= 0.6 is 0 Å². The first-order chi connectivity index (χ1) is 8.41. The van der Waals surface area contributed by atoms with Gasteiger partial charge >= 0.3 is 0 Å². The molecule has 1 atom stereocenters. The Kier molecular flexibility index (Phi) is 5.07. The fraction of sp³-hybridized carbons (Fsp3) is 0.615. The Labute approximate surface area is 107 Å². The third-order valence-electron chi connectivity index (χ3n) is 2.73. The average molecular weight is 251 g/mol. The molecule has 0 spiro atoms. The number of aromatic nitrogens is 2. The van der Waals surface area contributed by atoms with Crippen LogP contribution in [-0.2, 0) is 16.0 Å². The van der Waals surface area contributed by atoms with Gasteiger partial charge in [-0.1, -0.05) is 27.7 Å². The summed E-state index contributed by atoms with van der Waals surface area (Å²) in [6, 6.07) is -0.486. The minimum Gasteiger partial charge on any atom is -0.348 e. The van der Waals surface area contributed by atoms with Crippen LogP contribution in [0.2, 0.25) is 0 Å². The van der Waals surface area contributed by atoms with Crippen LogP contribution < -0.4 is 5.32 Å². The maximum atomic E-state index is 12.1. The number of carbonyl (C=O) groups is 2. The Morgan fingerprint density at radius 3 is 2.39 bits per heavy atom. The molecular weight excluding hydrogens is 230 g/mol. The van der Waals surface area contributed by atoms with Crippen LogP contribution in [0.15, 0.2) is 12.5 Å². The smallest absolute Gasteiger partial charge is 0.223 e. The topological polar surface area (TPSA) is 74.8 Å². The molecule has 0 aliphatic rings. The molecule has 0 saturated heterocycles. The molecular formula is C13H21N3O2. The Morgan fingerprint density at radius 2 is 1.94 bits per heavy atom. The van der Waals surface area contributed by atoms with Gasteiger partial charge in [0.2, 0.25) is 5.91 Å². The van der Waals surface area contributed by atoms with Crippen LogP contribution in [0, 0.1) is 11.8 Å². The van der Waals surface area contributed by atoms with Crippen LogP contribution in [-0.4, -0.2) is 27.7 Å².